The number of aryl methyl sites for hydroxylation is 2. The summed E-state index contributed by atoms with van der Waals surface area (Å²) in [7, 11) is 0. The van der Waals surface area contributed by atoms with Gasteiger partial charge in [0.25, 0.3) is 0 Å². The first-order valence-corrected chi connectivity index (χ1v) is 8.02. The normalized spacial score (nSPS) is 14.6. The molecule has 0 radical (unpaired) electrons. The number of nitrogens with one attached hydrogen (secondary N) is 1. The molecule has 0 amide bonds. The molecule has 19 heavy (non-hydrogen) atoms. The quantitative estimate of drug-likeness (QED) is 0.737. The number of rotatable bonds is 9. The highest BCUT2D eigenvalue weighted by Gasteiger charge is 2.23. The third kappa shape index (κ3) is 4.07. The molecule has 1 aromatic rings. The van der Waals surface area contributed by atoms with E-state index in [-0.39, 0.29) is 0 Å². The van der Waals surface area contributed by atoms with Crippen LogP contribution in [0.3, 0.4) is 0 Å². The number of aromatic nitrogens is 2. The van der Waals surface area contributed by atoms with E-state index in [4.69, 9.17) is 5.10 Å². The molecule has 3 nitrogen and oxygen atoms in total. The fourth-order valence-electron chi connectivity index (χ4n) is 2.85. The first-order valence-electron chi connectivity index (χ1n) is 8.02. The van der Waals surface area contributed by atoms with Crippen LogP contribution in [-0.2, 0) is 12.8 Å². The molecule has 0 aliphatic carbocycles. The van der Waals surface area contributed by atoms with Crippen LogP contribution in [0.1, 0.15) is 71.3 Å². The third-order valence-corrected chi connectivity index (χ3v) is 3.85. The average Bonchev–Trinajstić information content (AvgIpc) is 2.83. The topological polar surface area (TPSA) is 29.9 Å². The lowest BCUT2D eigenvalue weighted by atomic mass is 10.0. The predicted molar refractivity (Wildman–Crippen MR) is 82.7 cm³/mol. The van der Waals surface area contributed by atoms with Gasteiger partial charge >= 0.3 is 0 Å². The summed E-state index contributed by atoms with van der Waals surface area (Å²) in [6.07, 6.45) is 5.66. The van der Waals surface area contributed by atoms with Gasteiger partial charge in [-0.1, -0.05) is 41.0 Å². The van der Waals surface area contributed by atoms with Crippen LogP contribution >= 0.6 is 0 Å². The van der Waals surface area contributed by atoms with E-state index in [1.54, 1.807) is 0 Å². The van der Waals surface area contributed by atoms with E-state index in [0.717, 1.165) is 25.8 Å². The predicted octanol–water partition coefficient (Wildman–Crippen LogP) is 3.74. The van der Waals surface area contributed by atoms with Crippen molar-refractivity contribution in [2.75, 3.05) is 6.54 Å². The third-order valence-electron chi connectivity index (χ3n) is 3.85. The van der Waals surface area contributed by atoms with Crippen molar-refractivity contribution in [1.82, 2.24) is 15.1 Å². The second kappa shape index (κ2) is 8.36. The smallest absolute Gasteiger partial charge is 0.0672 e. The molecular weight excluding hydrogens is 234 g/mol. The van der Waals surface area contributed by atoms with Gasteiger partial charge in [0.05, 0.1) is 11.7 Å². The maximum atomic E-state index is 4.83. The van der Waals surface area contributed by atoms with Gasteiger partial charge < -0.3 is 5.32 Å². The van der Waals surface area contributed by atoms with Crippen molar-refractivity contribution in [3.8, 4) is 0 Å². The highest BCUT2D eigenvalue weighted by atomic mass is 15.3. The van der Waals surface area contributed by atoms with Crippen molar-refractivity contribution in [3.63, 3.8) is 0 Å². The molecule has 3 heteroatoms. The standard InChI is InChI=1S/C16H31N3/c1-6-11-15(17-10-5)16(9-4)19-14(8-3)12-13(7-2)18-19/h12,15-17H,6-11H2,1-5H3. The van der Waals surface area contributed by atoms with Crippen LogP contribution in [0.4, 0.5) is 0 Å². The van der Waals surface area contributed by atoms with Gasteiger partial charge in [-0.15, -0.1) is 0 Å². The van der Waals surface area contributed by atoms with Gasteiger partial charge in [0.15, 0.2) is 0 Å². The lowest BCUT2D eigenvalue weighted by Gasteiger charge is -2.28. The molecule has 0 spiro atoms. The number of hydrogen-bond acceptors (Lipinski definition) is 2. The lowest BCUT2D eigenvalue weighted by Crippen LogP contribution is -2.38. The van der Waals surface area contributed by atoms with Crippen LogP contribution in [0.5, 0.6) is 0 Å². The van der Waals surface area contributed by atoms with Gasteiger partial charge in [-0.25, -0.2) is 0 Å². The fourth-order valence-corrected chi connectivity index (χ4v) is 2.85. The summed E-state index contributed by atoms with van der Waals surface area (Å²) in [4.78, 5) is 0. The Morgan fingerprint density at radius 3 is 2.37 bits per heavy atom. The van der Waals surface area contributed by atoms with E-state index in [2.05, 4.69) is 50.7 Å². The number of hydrogen-bond donors (Lipinski definition) is 1. The zero-order valence-corrected chi connectivity index (χ0v) is 13.4. The molecular formula is C16H31N3. The Bertz CT molecular complexity index is 351. The van der Waals surface area contributed by atoms with E-state index >= 15 is 0 Å². The van der Waals surface area contributed by atoms with E-state index in [0.29, 0.717) is 12.1 Å². The van der Waals surface area contributed by atoms with Crippen LogP contribution < -0.4 is 5.32 Å². The molecule has 2 unspecified atom stereocenters. The maximum absolute atomic E-state index is 4.83. The van der Waals surface area contributed by atoms with Crippen LogP contribution in [-0.4, -0.2) is 22.4 Å². The molecule has 0 aliphatic rings. The Kier molecular flexibility index (Phi) is 7.14. The summed E-state index contributed by atoms with van der Waals surface area (Å²) in [6.45, 7) is 12.2. The Hall–Kier alpha value is -0.830. The van der Waals surface area contributed by atoms with Gasteiger partial charge in [0, 0.05) is 11.7 Å². The van der Waals surface area contributed by atoms with Crippen molar-refractivity contribution in [2.24, 2.45) is 0 Å². The molecule has 0 saturated heterocycles. The minimum Gasteiger partial charge on any atom is -0.312 e. The average molecular weight is 265 g/mol. The second-order valence-electron chi connectivity index (χ2n) is 5.21. The summed E-state index contributed by atoms with van der Waals surface area (Å²) in [5, 5.41) is 8.48. The summed E-state index contributed by atoms with van der Waals surface area (Å²) in [6, 6.07) is 3.29. The van der Waals surface area contributed by atoms with Crippen molar-refractivity contribution in [2.45, 2.75) is 78.8 Å². The molecule has 0 fully saturated rings. The summed E-state index contributed by atoms with van der Waals surface area (Å²) < 4.78 is 2.29. The van der Waals surface area contributed by atoms with Crippen molar-refractivity contribution in [1.29, 1.82) is 0 Å². The van der Waals surface area contributed by atoms with E-state index in [1.165, 1.54) is 24.2 Å². The van der Waals surface area contributed by atoms with Crippen molar-refractivity contribution < 1.29 is 0 Å². The maximum Gasteiger partial charge on any atom is 0.0672 e. The Morgan fingerprint density at radius 2 is 1.89 bits per heavy atom. The monoisotopic (exact) mass is 265 g/mol. The Labute approximate surface area is 118 Å². The van der Waals surface area contributed by atoms with Crippen LogP contribution in [0.2, 0.25) is 0 Å². The second-order valence-corrected chi connectivity index (χ2v) is 5.21. The fraction of sp³-hybridized carbons (Fsp3) is 0.812. The number of nitrogens with zero attached hydrogens (tertiary/aromatic N) is 2. The molecule has 110 valence electrons. The molecule has 1 heterocycles. The van der Waals surface area contributed by atoms with Gasteiger partial charge in [-0.05, 0) is 38.3 Å². The zero-order chi connectivity index (χ0) is 14.3. The number of likely N-dealkylation sites (N-methyl/N-ethyl adjacent to an activating group) is 1. The SMILES string of the molecule is CCCC(NCC)C(CC)n1nc(CC)cc1CC. The minimum atomic E-state index is 0.482. The Morgan fingerprint density at radius 1 is 1.16 bits per heavy atom. The molecule has 1 N–H and O–H groups in total. The molecule has 2 atom stereocenters. The largest absolute Gasteiger partial charge is 0.312 e. The first kappa shape index (κ1) is 16.2. The molecule has 0 aromatic carbocycles. The molecule has 0 aliphatic heterocycles. The molecule has 0 bridgehead atoms. The van der Waals surface area contributed by atoms with Gasteiger partial charge in [0.2, 0.25) is 0 Å². The molecule has 1 rings (SSSR count). The first-order chi connectivity index (χ1) is 9.21. The van der Waals surface area contributed by atoms with Gasteiger partial charge in [-0.3, -0.25) is 4.68 Å². The van der Waals surface area contributed by atoms with Crippen LogP contribution in [0, 0.1) is 0 Å². The van der Waals surface area contributed by atoms with E-state index in [1.807, 2.05) is 0 Å². The lowest BCUT2D eigenvalue weighted by molar-refractivity contribution is 0.298. The zero-order valence-electron chi connectivity index (χ0n) is 13.4. The van der Waals surface area contributed by atoms with Gasteiger partial charge in [0.1, 0.15) is 0 Å². The summed E-state index contributed by atoms with van der Waals surface area (Å²) in [5.74, 6) is 0. The van der Waals surface area contributed by atoms with Crippen molar-refractivity contribution >= 4 is 0 Å². The highest BCUT2D eigenvalue weighted by Crippen LogP contribution is 2.22. The van der Waals surface area contributed by atoms with Crippen LogP contribution in [0.15, 0.2) is 6.07 Å². The van der Waals surface area contributed by atoms with E-state index < -0.39 is 0 Å². The minimum absolute atomic E-state index is 0.482. The Balaban J connectivity index is 3.01. The van der Waals surface area contributed by atoms with E-state index in [9.17, 15) is 0 Å². The molecule has 1 aromatic heterocycles. The highest BCUT2D eigenvalue weighted by molar-refractivity contribution is 5.12. The summed E-state index contributed by atoms with van der Waals surface area (Å²) in [5.41, 5.74) is 2.60. The van der Waals surface area contributed by atoms with Crippen LogP contribution in [0.25, 0.3) is 0 Å². The molecule has 0 saturated carbocycles. The summed E-state index contributed by atoms with van der Waals surface area (Å²) >= 11 is 0. The van der Waals surface area contributed by atoms with Gasteiger partial charge in [-0.2, -0.15) is 5.10 Å². The van der Waals surface area contributed by atoms with Crippen molar-refractivity contribution in [3.05, 3.63) is 17.5 Å².